The van der Waals surface area contributed by atoms with Gasteiger partial charge in [-0.1, -0.05) is 24.3 Å². The van der Waals surface area contributed by atoms with Crippen LogP contribution in [0.2, 0.25) is 0 Å². The van der Waals surface area contributed by atoms with Crippen LogP contribution in [0.1, 0.15) is 18.1 Å². The molecule has 1 fully saturated rings. The minimum atomic E-state index is -0.479. The second-order valence-corrected chi connectivity index (χ2v) is 5.71. The molecule has 1 heterocycles. The summed E-state index contributed by atoms with van der Waals surface area (Å²) < 4.78 is 0. The van der Waals surface area contributed by atoms with E-state index >= 15 is 0 Å². The van der Waals surface area contributed by atoms with E-state index in [2.05, 4.69) is 29.2 Å². The second kappa shape index (κ2) is 7.54. The molecule has 1 aliphatic rings. The van der Waals surface area contributed by atoms with Crippen molar-refractivity contribution in [2.24, 2.45) is 5.73 Å². The molecule has 1 unspecified atom stereocenters. The standard InChI is InChI=1S/C16H25N3O2/c1-13(20)19-9-8-18(11-16(21)12-19)10-15-4-2-14(3-5-15)6-7-17/h2-5,16,21H,6-12,17H2,1H3. The predicted molar refractivity (Wildman–Crippen MR) is 82.7 cm³/mol. The molecule has 0 aromatic heterocycles. The molecule has 0 saturated carbocycles. The highest BCUT2D eigenvalue weighted by Crippen LogP contribution is 2.11. The number of benzene rings is 1. The maximum absolute atomic E-state index is 11.4. The first kappa shape index (κ1) is 15.9. The van der Waals surface area contributed by atoms with E-state index in [1.54, 1.807) is 11.8 Å². The Kier molecular flexibility index (Phi) is 5.73. The Morgan fingerprint density at radius 2 is 1.90 bits per heavy atom. The summed E-state index contributed by atoms with van der Waals surface area (Å²) in [7, 11) is 0. The molecule has 1 saturated heterocycles. The van der Waals surface area contributed by atoms with E-state index in [1.165, 1.54) is 11.1 Å². The fraction of sp³-hybridized carbons (Fsp3) is 0.562. The number of hydrogen-bond acceptors (Lipinski definition) is 4. The van der Waals surface area contributed by atoms with Crippen LogP contribution in [0.3, 0.4) is 0 Å². The highest BCUT2D eigenvalue weighted by atomic mass is 16.3. The van der Waals surface area contributed by atoms with Crippen molar-refractivity contribution < 1.29 is 9.90 Å². The lowest BCUT2D eigenvalue weighted by atomic mass is 10.1. The maximum Gasteiger partial charge on any atom is 0.219 e. The van der Waals surface area contributed by atoms with E-state index in [1.807, 2.05) is 0 Å². The van der Waals surface area contributed by atoms with Gasteiger partial charge in [0.2, 0.25) is 5.91 Å². The van der Waals surface area contributed by atoms with E-state index in [4.69, 9.17) is 5.73 Å². The average Bonchev–Trinajstić information content (AvgIpc) is 2.63. The van der Waals surface area contributed by atoms with Gasteiger partial charge in [-0.05, 0) is 24.1 Å². The monoisotopic (exact) mass is 291 g/mol. The Labute approximate surface area is 126 Å². The number of rotatable bonds is 4. The van der Waals surface area contributed by atoms with Crippen LogP contribution < -0.4 is 5.73 Å². The third-order valence-corrected chi connectivity index (χ3v) is 3.89. The number of aliphatic hydroxyl groups is 1. The van der Waals surface area contributed by atoms with E-state index in [0.717, 1.165) is 19.5 Å². The van der Waals surface area contributed by atoms with Crippen molar-refractivity contribution >= 4 is 5.91 Å². The van der Waals surface area contributed by atoms with Crippen LogP contribution >= 0.6 is 0 Å². The Hall–Kier alpha value is -1.43. The molecule has 2 rings (SSSR count). The summed E-state index contributed by atoms with van der Waals surface area (Å²) >= 11 is 0. The third kappa shape index (κ3) is 4.81. The summed E-state index contributed by atoms with van der Waals surface area (Å²) in [5.74, 6) is 0.0297. The summed E-state index contributed by atoms with van der Waals surface area (Å²) in [6.07, 6.45) is 0.420. The van der Waals surface area contributed by atoms with Crippen molar-refractivity contribution in [3.63, 3.8) is 0 Å². The van der Waals surface area contributed by atoms with Crippen molar-refractivity contribution in [2.75, 3.05) is 32.7 Å². The van der Waals surface area contributed by atoms with Gasteiger partial charge in [-0.2, -0.15) is 0 Å². The number of β-amino-alcohol motifs (C(OH)–C–C–N with tert-alkyl or cyclic N) is 1. The molecule has 0 bridgehead atoms. The smallest absolute Gasteiger partial charge is 0.219 e. The van der Waals surface area contributed by atoms with Gasteiger partial charge in [-0.15, -0.1) is 0 Å². The molecule has 21 heavy (non-hydrogen) atoms. The third-order valence-electron chi connectivity index (χ3n) is 3.89. The number of carbonyl (C=O) groups is 1. The Morgan fingerprint density at radius 1 is 1.24 bits per heavy atom. The highest BCUT2D eigenvalue weighted by molar-refractivity contribution is 5.73. The Balaban J connectivity index is 1.94. The Morgan fingerprint density at radius 3 is 2.52 bits per heavy atom. The molecule has 0 spiro atoms. The minimum Gasteiger partial charge on any atom is -0.390 e. The number of hydrogen-bond donors (Lipinski definition) is 2. The first-order valence-electron chi connectivity index (χ1n) is 7.52. The number of nitrogens with two attached hydrogens (primary N) is 1. The van der Waals surface area contributed by atoms with Crippen LogP contribution in [-0.2, 0) is 17.8 Å². The van der Waals surface area contributed by atoms with Gasteiger partial charge in [0.15, 0.2) is 0 Å². The molecule has 5 nitrogen and oxygen atoms in total. The first-order valence-corrected chi connectivity index (χ1v) is 7.52. The molecule has 0 radical (unpaired) electrons. The molecule has 0 aliphatic carbocycles. The maximum atomic E-state index is 11.4. The fourth-order valence-corrected chi connectivity index (χ4v) is 2.72. The van der Waals surface area contributed by atoms with Gasteiger partial charge < -0.3 is 15.7 Å². The van der Waals surface area contributed by atoms with Crippen molar-refractivity contribution in [2.45, 2.75) is 26.0 Å². The van der Waals surface area contributed by atoms with Gasteiger partial charge in [-0.25, -0.2) is 0 Å². The summed E-state index contributed by atoms with van der Waals surface area (Å²) in [4.78, 5) is 15.4. The number of nitrogens with zero attached hydrogens (tertiary/aromatic N) is 2. The lowest BCUT2D eigenvalue weighted by molar-refractivity contribution is -0.129. The molecule has 5 heteroatoms. The first-order chi connectivity index (χ1) is 10.1. The van der Waals surface area contributed by atoms with Crippen LogP contribution in [0.25, 0.3) is 0 Å². The molecule has 1 aliphatic heterocycles. The zero-order chi connectivity index (χ0) is 15.2. The normalized spacial score (nSPS) is 20.3. The quantitative estimate of drug-likeness (QED) is 0.832. The summed E-state index contributed by atoms with van der Waals surface area (Å²) in [6, 6.07) is 8.45. The lowest BCUT2D eigenvalue weighted by Crippen LogP contribution is -2.36. The van der Waals surface area contributed by atoms with Gasteiger partial charge in [0.25, 0.3) is 0 Å². The number of amides is 1. The van der Waals surface area contributed by atoms with Crippen molar-refractivity contribution in [1.82, 2.24) is 9.80 Å². The molecule has 1 atom stereocenters. The Bertz CT molecular complexity index is 461. The topological polar surface area (TPSA) is 69.8 Å². The SMILES string of the molecule is CC(=O)N1CCN(Cc2ccc(CCN)cc2)CC(O)C1. The molecule has 116 valence electrons. The highest BCUT2D eigenvalue weighted by Gasteiger charge is 2.22. The van der Waals surface area contributed by atoms with E-state index in [9.17, 15) is 9.90 Å². The molecule has 1 aromatic carbocycles. The van der Waals surface area contributed by atoms with Gasteiger partial charge in [0.05, 0.1) is 6.10 Å². The van der Waals surface area contributed by atoms with Crippen LogP contribution in [-0.4, -0.2) is 59.6 Å². The van der Waals surface area contributed by atoms with Gasteiger partial charge in [0.1, 0.15) is 0 Å². The van der Waals surface area contributed by atoms with Gasteiger partial charge >= 0.3 is 0 Å². The van der Waals surface area contributed by atoms with Gasteiger partial charge in [-0.3, -0.25) is 9.69 Å². The molecule has 3 N–H and O–H groups in total. The van der Waals surface area contributed by atoms with Crippen LogP contribution in [0.15, 0.2) is 24.3 Å². The zero-order valence-corrected chi connectivity index (χ0v) is 12.7. The predicted octanol–water partition coefficient (Wildman–Crippen LogP) is 0.213. The summed E-state index contributed by atoms with van der Waals surface area (Å²) in [5.41, 5.74) is 8.02. The molecular weight excluding hydrogens is 266 g/mol. The van der Waals surface area contributed by atoms with Crippen LogP contribution in [0.5, 0.6) is 0 Å². The number of aliphatic hydroxyl groups excluding tert-OH is 1. The lowest BCUT2D eigenvalue weighted by Gasteiger charge is -2.21. The minimum absolute atomic E-state index is 0.0297. The van der Waals surface area contributed by atoms with E-state index in [0.29, 0.717) is 26.2 Å². The second-order valence-electron chi connectivity index (χ2n) is 5.71. The van der Waals surface area contributed by atoms with Crippen molar-refractivity contribution in [1.29, 1.82) is 0 Å². The number of carbonyl (C=O) groups excluding carboxylic acids is 1. The van der Waals surface area contributed by atoms with Crippen LogP contribution in [0, 0.1) is 0 Å². The van der Waals surface area contributed by atoms with Crippen molar-refractivity contribution in [3.05, 3.63) is 35.4 Å². The van der Waals surface area contributed by atoms with Crippen LogP contribution in [0.4, 0.5) is 0 Å². The zero-order valence-electron chi connectivity index (χ0n) is 12.7. The summed E-state index contributed by atoms with van der Waals surface area (Å²) in [6.45, 7) is 5.53. The largest absolute Gasteiger partial charge is 0.390 e. The van der Waals surface area contributed by atoms with Crippen molar-refractivity contribution in [3.8, 4) is 0 Å². The summed E-state index contributed by atoms with van der Waals surface area (Å²) in [5, 5.41) is 10.0. The van der Waals surface area contributed by atoms with E-state index in [-0.39, 0.29) is 5.91 Å². The fourth-order valence-electron chi connectivity index (χ4n) is 2.72. The molecule has 1 aromatic rings. The average molecular weight is 291 g/mol. The molecule has 1 amide bonds. The molecular formula is C16H25N3O2. The van der Waals surface area contributed by atoms with Gasteiger partial charge in [0, 0.05) is 39.6 Å². The van der Waals surface area contributed by atoms with E-state index < -0.39 is 6.10 Å².